The molecule has 0 unspecified atom stereocenters. The van der Waals surface area contributed by atoms with Crippen LogP contribution in [0.3, 0.4) is 0 Å². The maximum atomic E-state index is 6.37. The van der Waals surface area contributed by atoms with E-state index >= 15 is 0 Å². The number of hydrogen-bond acceptors (Lipinski definition) is 4. The van der Waals surface area contributed by atoms with Gasteiger partial charge in [0.05, 0.1) is 27.8 Å². The number of benzene rings is 6. The van der Waals surface area contributed by atoms with Crippen LogP contribution < -0.4 is 0 Å². The van der Waals surface area contributed by atoms with Gasteiger partial charge in [-0.3, -0.25) is 0 Å². The SMILES string of the molecule is c1ccc(-c2nc(-c3ccccc3-n3c4ccccc4c4cc5sc6ccccc6c5cc43)nc3oc4ccccc4c23)cc1. The van der Waals surface area contributed by atoms with Crippen molar-refractivity contribution in [3.63, 3.8) is 0 Å². The van der Waals surface area contributed by atoms with Gasteiger partial charge in [0.15, 0.2) is 5.82 Å². The molecular formula is C40H23N3OS. The Morgan fingerprint density at radius 2 is 1.27 bits per heavy atom. The van der Waals surface area contributed by atoms with Crippen LogP contribution in [0.25, 0.3) is 92.4 Å². The molecule has 4 nitrogen and oxygen atoms in total. The van der Waals surface area contributed by atoms with Gasteiger partial charge in [0.1, 0.15) is 5.58 Å². The molecule has 0 spiro atoms. The Labute approximate surface area is 261 Å². The number of aromatic nitrogens is 3. The van der Waals surface area contributed by atoms with E-state index in [4.69, 9.17) is 14.4 Å². The van der Waals surface area contributed by atoms with Crippen molar-refractivity contribution in [2.45, 2.75) is 0 Å². The minimum atomic E-state index is 0.587. The molecule has 0 N–H and O–H groups in total. The van der Waals surface area contributed by atoms with Crippen LogP contribution >= 0.6 is 11.3 Å². The van der Waals surface area contributed by atoms with Gasteiger partial charge in [-0.15, -0.1) is 11.3 Å². The molecule has 0 atom stereocenters. The van der Waals surface area contributed by atoms with E-state index in [1.807, 2.05) is 47.7 Å². The highest BCUT2D eigenvalue weighted by molar-refractivity contribution is 7.25. The first-order valence-electron chi connectivity index (χ1n) is 15.0. The molecule has 0 aliphatic heterocycles. The molecule has 0 saturated carbocycles. The van der Waals surface area contributed by atoms with Crippen molar-refractivity contribution in [3.8, 4) is 28.3 Å². The molecule has 0 radical (unpaired) electrons. The molecule has 10 aromatic rings. The minimum Gasteiger partial charge on any atom is -0.438 e. The fourth-order valence-corrected chi connectivity index (χ4v) is 7.98. The summed E-state index contributed by atoms with van der Waals surface area (Å²) >= 11 is 1.85. The molecule has 0 aliphatic rings. The van der Waals surface area contributed by atoms with Crippen molar-refractivity contribution in [2.24, 2.45) is 0 Å². The summed E-state index contributed by atoms with van der Waals surface area (Å²) in [6, 6.07) is 48.9. The monoisotopic (exact) mass is 593 g/mol. The standard InChI is InChI=1S/C40H23N3OS/c1-2-12-24(13-3-1)38-37-28-17-6-10-20-34(28)44-40(37)42-39(41-38)27-16-5-9-19-32(27)43-31-18-8-4-14-25(31)29-23-36-30(22-33(29)43)26-15-7-11-21-35(26)45-36/h1-23H. The van der Waals surface area contributed by atoms with Crippen molar-refractivity contribution < 1.29 is 4.42 Å². The Balaban J connectivity index is 1.30. The van der Waals surface area contributed by atoms with Gasteiger partial charge < -0.3 is 8.98 Å². The average Bonchev–Trinajstić information content (AvgIpc) is 3.76. The van der Waals surface area contributed by atoms with Crippen LogP contribution in [-0.2, 0) is 0 Å². The molecule has 0 saturated heterocycles. The van der Waals surface area contributed by atoms with E-state index < -0.39 is 0 Å². The van der Waals surface area contributed by atoms with E-state index in [1.54, 1.807) is 0 Å². The maximum Gasteiger partial charge on any atom is 0.231 e. The minimum absolute atomic E-state index is 0.587. The number of thiophene rings is 1. The average molecular weight is 594 g/mol. The number of rotatable bonds is 3. The topological polar surface area (TPSA) is 43.9 Å². The molecule has 4 aromatic heterocycles. The molecule has 210 valence electrons. The van der Waals surface area contributed by atoms with E-state index in [1.165, 1.54) is 30.9 Å². The Morgan fingerprint density at radius 3 is 2.18 bits per heavy atom. The van der Waals surface area contributed by atoms with Crippen LogP contribution in [0.15, 0.2) is 144 Å². The van der Waals surface area contributed by atoms with Gasteiger partial charge in [-0.2, -0.15) is 4.98 Å². The summed E-state index contributed by atoms with van der Waals surface area (Å²) in [6.07, 6.45) is 0. The second-order valence-corrected chi connectivity index (χ2v) is 12.5. The van der Waals surface area contributed by atoms with Crippen LogP contribution in [0.2, 0.25) is 0 Å². The number of nitrogens with zero attached hydrogens (tertiary/aromatic N) is 3. The van der Waals surface area contributed by atoms with Gasteiger partial charge in [0.25, 0.3) is 0 Å². The highest BCUT2D eigenvalue weighted by Crippen LogP contribution is 2.42. The second kappa shape index (κ2) is 9.36. The van der Waals surface area contributed by atoms with Crippen molar-refractivity contribution in [1.29, 1.82) is 0 Å². The van der Waals surface area contributed by atoms with Gasteiger partial charge in [0.2, 0.25) is 5.71 Å². The molecule has 4 heterocycles. The van der Waals surface area contributed by atoms with E-state index in [2.05, 4.69) is 108 Å². The summed E-state index contributed by atoms with van der Waals surface area (Å²) in [5, 5.41) is 6.97. The van der Waals surface area contributed by atoms with Gasteiger partial charge in [-0.05, 0) is 42.5 Å². The largest absolute Gasteiger partial charge is 0.438 e. The van der Waals surface area contributed by atoms with E-state index in [-0.39, 0.29) is 0 Å². The van der Waals surface area contributed by atoms with E-state index in [0.29, 0.717) is 11.5 Å². The highest BCUT2D eigenvalue weighted by atomic mass is 32.1. The Kier molecular flexibility index (Phi) is 5.12. The molecular weight excluding hydrogens is 571 g/mol. The lowest BCUT2D eigenvalue weighted by molar-refractivity contribution is 0.653. The third-order valence-electron chi connectivity index (χ3n) is 8.84. The van der Waals surface area contributed by atoms with Gasteiger partial charge >= 0.3 is 0 Å². The molecule has 0 amide bonds. The van der Waals surface area contributed by atoms with Crippen LogP contribution in [0.1, 0.15) is 0 Å². The fraction of sp³-hybridized carbons (Fsp3) is 0. The number of furan rings is 1. The van der Waals surface area contributed by atoms with Crippen molar-refractivity contribution in [1.82, 2.24) is 14.5 Å². The molecule has 6 aromatic carbocycles. The van der Waals surface area contributed by atoms with Gasteiger partial charge in [0, 0.05) is 47.5 Å². The first-order valence-corrected chi connectivity index (χ1v) is 15.8. The molecule has 0 aliphatic carbocycles. The van der Waals surface area contributed by atoms with Gasteiger partial charge in [-0.25, -0.2) is 4.98 Å². The third-order valence-corrected chi connectivity index (χ3v) is 9.98. The lowest BCUT2D eigenvalue weighted by Gasteiger charge is -2.14. The third kappa shape index (κ3) is 3.59. The van der Waals surface area contributed by atoms with Crippen LogP contribution in [0.5, 0.6) is 0 Å². The van der Waals surface area contributed by atoms with Crippen molar-refractivity contribution in [3.05, 3.63) is 140 Å². The summed E-state index contributed by atoms with van der Waals surface area (Å²) in [4.78, 5) is 10.4. The van der Waals surface area contributed by atoms with Crippen molar-refractivity contribution in [2.75, 3.05) is 0 Å². The summed E-state index contributed by atoms with van der Waals surface area (Å²) in [7, 11) is 0. The number of fused-ring (bicyclic) bond motifs is 9. The normalized spacial score (nSPS) is 12.0. The summed E-state index contributed by atoms with van der Waals surface area (Å²) in [5.74, 6) is 0.629. The molecule has 5 heteroatoms. The summed E-state index contributed by atoms with van der Waals surface area (Å²) in [5.41, 5.74) is 7.56. The number of para-hydroxylation sites is 3. The van der Waals surface area contributed by atoms with E-state index in [0.717, 1.165) is 49.9 Å². The zero-order valence-corrected chi connectivity index (χ0v) is 24.8. The second-order valence-electron chi connectivity index (χ2n) is 11.4. The Bertz CT molecular complexity index is 2770. The Morgan fingerprint density at radius 1 is 0.533 bits per heavy atom. The lowest BCUT2D eigenvalue weighted by atomic mass is 10.1. The van der Waals surface area contributed by atoms with Crippen molar-refractivity contribution >= 4 is 75.4 Å². The number of hydrogen-bond donors (Lipinski definition) is 0. The smallest absolute Gasteiger partial charge is 0.231 e. The molecule has 45 heavy (non-hydrogen) atoms. The van der Waals surface area contributed by atoms with E-state index in [9.17, 15) is 0 Å². The predicted octanol–water partition coefficient (Wildman–Crippen LogP) is 11.2. The first-order chi connectivity index (χ1) is 22.3. The first kappa shape index (κ1) is 24.6. The van der Waals surface area contributed by atoms with Crippen LogP contribution in [-0.4, -0.2) is 14.5 Å². The zero-order valence-electron chi connectivity index (χ0n) is 23.9. The lowest BCUT2D eigenvalue weighted by Crippen LogP contribution is -2.00. The highest BCUT2D eigenvalue weighted by Gasteiger charge is 2.22. The van der Waals surface area contributed by atoms with Crippen LogP contribution in [0.4, 0.5) is 0 Å². The molecule has 0 fully saturated rings. The van der Waals surface area contributed by atoms with Crippen LogP contribution in [0, 0.1) is 0 Å². The van der Waals surface area contributed by atoms with Gasteiger partial charge in [-0.1, -0.05) is 97.1 Å². The zero-order chi connectivity index (χ0) is 29.5. The quantitative estimate of drug-likeness (QED) is 0.205. The summed E-state index contributed by atoms with van der Waals surface area (Å²) in [6.45, 7) is 0. The molecule has 0 bridgehead atoms. The Hall–Kier alpha value is -5.78. The fourth-order valence-electron chi connectivity index (χ4n) is 6.85. The summed E-state index contributed by atoms with van der Waals surface area (Å²) < 4.78 is 11.3. The predicted molar refractivity (Wildman–Crippen MR) is 187 cm³/mol. The maximum absolute atomic E-state index is 6.37. The molecule has 10 rings (SSSR count).